The monoisotopic (exact) mass is 377 g/mol. The van der Waals surface area contributed by atoms with Crippen LogP contribution in [0.3, 0.4) is 0 Å². The van der Waals surface area contributed by atoms with Crippen LogP contribution in [0.1, 0.15) is 65.0 Å². The number of amides is 1. The number of nitrogens with one attached hydrogen (secondary N) is 1. The van der Waals surface area contributed by atoms with E-state index in [1.807, 2.05) is 0 Å². The molecule has 1 amide bonds. The highest BCUT2D eigenvalue weighted by Crippen LogP contribution is 2.37. The molecule has 0 heterocycles. The van der Waals surface area contributed by atoms with Gasteiger partial charge in [0.05, 0.1) is 13.7 Å². The first kappa shape index (κ1) is 21.1. The number of esters is 1. The molecule has 1 aliphatic carbocycles. The van der Waals surface area contributed by atoms with Crippen LogP contribution in [0.5, 0.6) is 5.75 Å². The number of carbonyl (C=O) groups excluding carboxylic acids is 2. The van der Waals surface area contributed by atoms with Gasteiger partial charge in [-0.15, -0.1) is 0 Å². The van der Waals surface area contributed by atoms with Crippen LogP contribution in [0.25, 0.3) is 0 Å². The molecule has 1 saturated carbocycles. The highest BCUT2D eigenvalue weighted by atomic mass is 16.6. The number of hydrogen-bond acceptors (Lipinski definition) is 5. The Labute approximate surface area is 161 Å². The van der Waals surface area contributed by atoms with Gasteiger partial charge in [0.15, 0.2) is 6.04 Å². The van der Waals surface area contributed by atoms with E-state index in [2.05, 4.69) is 12.2 Å². The Bertz CT molecular complexity index is 642. The Morgan fingerprint density at radius 2 is 1.74 bits per heavy atom. The molecule has 1 aromatic rings. The summed E-state index contributed by atoms with van der Waals surface area (Å²) >= 11 is 0. The zero-order valence-corrected chi connectivity index (χ0v) is 17.0. The van der Waals surface area contributed by atoms with Crippen LogP contribution in [0.15, 0.2) is 24.3 Å². The molecule has 1 N–H and O–H groups in total. The molecule has 0 radical (unpaired) electrons. The molecule has 1 atom stereocenters. The maximum Gasteiger partial charge on any atom is 0.408 e. The summed E-state index contributed by atoms with van der Waals surface area (Å²) in [6.45, 7) is 8.22. The topological polar surface area (TPSA) is 73.9 Å². The summed E-state index contributed by atoms with van der Waals surface area (Å²) in [6, 6.07) is 6.18. The molecule has 1 fully saturated rings. The Morgan fingerprint density at radius 3 is 2.26 bits per heavy atom. The summed E-state index contributed by atoms with van der Waals surface area (Å²) in [5.74, 6) is 0.181. The van der Waals surface area contributed by atoms with Crippen molar-refractivity contribution in [2.24, 2.45) is 5.41 Å². The Balaban J connectivity index is 2.03. The third-order valence-electron chi connectivity index (χ3n) is 4.71. The molecule has 1 aromatic carbocycles. The molecule has 2 rings (SSSR count). The minimum atomic E-state index is -0.939. The van der Waals surface area contributed by atoms with Gasteiger partial charge < -0.3 is 19.5 Å². The van der Waals surface area contributed by atoms with E-state index in [0.29, 0.717) is 12.2 Å². The predicted molar refractivity (Wildman–Crippen MR) is 103 cm³/mol. The summed E-state index contributed by atoms with van der Waals surface area (Å²) in [5.41, 5.74) is 0.191. The molecule has 1 aliphatic rings. The lowest BCUT2D eigenvalue weighted by atomic mass is 9.90. The Hall–Kier alpha value is -2.24. The van der Waals surface area contributed by atoms with Crippen LogP contribution in [-0.2, 0) is 14.3 Å². The number of methoxy groups -OCH3 is 1. The molecule has 0 aliphatic heterocycles. The van der Waals surface area contributed by atoms with E-state index in [9.17, 15) is 9.59 Å². The molecule has 1 unspecified atom stereocenters. The van der Waals surface area contributed by atoms with E-state index >= 15 is 0 Å². The SMILES string of the molecule is COC(=O)C(NC(=O)OC(C)(C)C)c1ccc(OCC2(C)CCCC2)cc1. The van der Waals surface area contributed by atoms with Gasteiger partial charge in [-0.05, 0) is 51.3 Å². The van der Waals surface area contributed by atoms with Crippen molar-refractivity contribution in [1.82, 2.24) is 5.32 Å². The Morgan fingerprint density at radius 1 is 1.15 bits per heavy atom. The number of benzene rings is 1. The molecule has 27 heavy (non-hydrogen) atoms. The van der Waals surface area contributed by atoms with Crippen molar-refractivity contribution in [1.29, 1.82) is 0 Å². The van der Waals surface area contributed by atoms with Gasteiger partial charge in [0, 0.05) is 5.41 Å². The molecule has 6 nitrogen and oxygen atoms in total. The van der Waals surface area contributed by atoms with E-state index in [0.717, 1.165) is 5.75 Å². The third-order valence-corrected chi connectivity index (χ3v) is 4.71. The molecule has 0 saturated heterocycles. The fraction of sp³-hybridized carbons (Fsp3) is 0.619. The summed E-state index contributed by atoms with van der Waals surface area (Å²) in [4.78, 5) is 24.2. The largest absolute Gasteiger partial charge is 0.493 e. The van der Waals surface area contributed by atoms with Crippen LogP contribution < -0.4 is 10.1 Å². The van der Waals surface area contributed by atoms with Crippen molar-refractivity contribution < 1.29 is 23.8 Å². The van der Waals surface area contributed by atoms with Crippen molar-refractivity contribution in [3.05, 3.63) is 29.8 Å². The lowest BCUT2D eigenvalue weighted by molar-refractivity contribution is -0.143. The van der Waals surface area contributed by atoms with Gasteiger partial charge in [-0.3, -0.25) is 0 Å². The second-order valence-electron chi connectivity index (χ2n) is 8.48. The maximum absolute atomic E-state index is 12.1. The van der Waals surface area contributed by atoms with E-state index in [1.165, 1.54) is 32.8 Å². The van der Waals surface area contributed by atoms with Gasteiger partial charge in [-0.2, -0.15) is 0 Å². The number of ether oxygens (including phenoxy) is 3. The molecule has 150 valence electrons. The summed E-state index contributed by atoms with van der Waals surface area (Å²) in [5, 5.41) is 2.57. The number of alkyl carbamates (subject to hydrolysis) is 1. The van der Waals surface area contributed by atoms with E-state index < -0.39 is 23.7 Å². The van der Waals surface area contributed by atoms with Gasteiger partial charge in [0.1, 0.15) is 11.4 Å². The quantitative estimate of drug-likeness (QED) is 0.745. The van der Waals surface area contributed by atoms with E-state index in [4.69, 9.17) is 14.2 Å². The van der Waals surface area contributed by atoms with Crippen molar-refractivity contribution in [2.45, 2.75) is 65.0 Å². The molecule has 0 aromatic heterocycles. The number of carbonyl (C=O) groups is 2. The molecule has 6 heteroatoms. The van der Waals surface area contributed by atoms with Gasteiger partial charge in [-0.1, -0.05) is 31.9 Å². The van der Waals surface area contributed by atoms with Crippen LogP contribution in [-0.4, -0.2) is 31.4 Å². The lowest BCUT2D eigenvalue weighted by Crippen LogP contribution is -2.38. The van der Waals surface area contributed by atoms with Crippen molar-refractivity contribution in [2.75, 3.05) is 13.7 Å². The van der Waals surface area contributed by atoms with Gasteiger partial charge >= 0.3 is 12.1 Å². The van der Waals surface area contributed by atoms with Gasteiger partial charge in [-0.25, -0.2) is 9.59 Å². The van der Waals surface area contributed by atoms with Gasteiger partial charge in [0.25, 0.3) is 0 Å². The van der Waals surface area contributed by atoms with Crippen LogP contribution in [0, 0.1) is 5.41 Å². The average molecular weight is 377 g/mol. The highest BCUT2D eigenvalue weighted by Gasteiger charge is 2.30. The first-order chi connectivity index (χ1) is 12.6. The molecular formula is C21H31NO5. The van der Waals surface area contributed by atoms with E-state index in [1.54, 1.807) is 45.0 Å². The predicted octanol–water partition coefficient (Wildman–Crippen LogP) is 4.38. The van der Waals surface area contributed by atoms with Crippen molar-refractivity contribution in [3.63, 3.8) is 0 Å². The molecule has 0 spiro atoms. The highest BCUT2D eigenvalue weighted by molar-refractivity contribution is 5.82. The fourth-order valence-electron chi connectivity index (χ4n) is 3.21. The summed E-state index contributed by atoms with van der Waals surface area (Å²) in [7, 11) is 1.28. The smallest absolute Gasteiger partial charge is 0.408 e. The standard InChI is InChI=1S/C21H31NO5/c1-20(2,3)27-19(24)22-17(18(23)25-5)15-8-10-16(11-9-15)26-14-21(4)12-6-7-13-21/h8-11,17H,6-7,12-14H2,1-5H3,(H,22,24). The fourth-order valence-corrected chi connectivity index (χ4v) is 3.21. The van der Waals surface area contributed by atoms with Crippen molar-refractivity contribution in [3.8, 4) is 5.75 Å². The van der Waals surface area contributed by atoms with Crippen LogP contribution in [0.2, 0.25) is 0 Å². The maximum atomic E-state index is 12.1. The summed E-state index contributed by atoms with van der Waals surface area (Å²) in [6.07, 6.45) is 4.23. The van der Waals surface area contributed by atoms with Crippen molar-refractivity contribution >= 4 is 12.1 Å². The van der Waals surface area contributed by atoms with Crippen LogP contribution in [0.4, 0.5) is 4.79 Å². The minimum Gasteiger partial charge on any atom is -0.493 e. The molecule has 0 bridgehead atoms. The Kier molecular flexibility index (Phi) is 6.73. The third kappa shape index (κ3) is 6.45. The average Bonchev–Trinajstić information content (AvgIpc) is 3.03. The first-order valence-corrected chi connectivity index (χ1v) is 9.42. The minimum absolute atomic E-state index is 0.242. The van der Waals surface area contributed by atoms with E-state index in [-0.39, 0.29) is 5.41 Å². The second kappa shape index (κ2) is 8.63. The number of hydrogen-bond donors (Lipinski definition) is 1. The zero-order chi connectivity index (χ0) is 20.1. The normalized spacial score (nSPS) is 17.1. The lowest BCUT2D eigenvalue weighted by Gasteiger charge is -2.24. The van der Waals surface area contributed by atoms with Gasteiger partial charge in [0.2, 0.25) is 0 Å². The molecular weight excluding hydrogens is 346 g/mol. The summed E-state index contributed by atoms with van der Waals surface area (Å²) < 4.78 is 16.0. The first-order valence-electron chi connectivity index (χ1n) is 9.42. The second-order valence-corrected chi connectivity index (χ2v) is 8.48. The number of rotatable bonds is 6. The zero-order valence-electron chi connectivity index (χ0n) is 17.0. The van der Waals surface area contributed by atoms with Crippen LogP contribution >= 0.6 is 0 Å².